The van der Waals surface area contributed by atoms with Gasteiger partial charge in [0.1, 0.15) is 18.2 Å². The average molecular weight is 295 g/mol. The second-order valence-corrected chi connectivity index (χ2v) is 5.34. The second-order valence-electron chi connectivity index (χ2n) is 5.34. The van der Waals surface area contributed by atoms with Crippen molar-refractivity contribution in [2.75, 3.05) is 13.2 Å². The molecule has 0 bridgehead atoms. The van der Waals surface area contributed by atoms with Crippen molar-refractivity contribution in [2.24, 2.45) is 0 Å². The van der Waals surface area contributed by atoms with E-state index < -0.39 is 0 Å². The first-order chi connectivity index (χ1) is 10.9. The van der Waals surface area contributed by atoms with Gasteiger partial charge in [-0.1, -0.05) is 30.3 Å². The van der Waals surface area contributed by atoms with Crippen molar-refractivity contribution in [2.45, 2.75) is 19.6 Å². The molecule has 0 saturated heterocycles. The zero-order valence-electron chi connectivity index (χ0n) is 12.2. The van der Waals surface area contributed by atoms with Gasteiger partial charge in [-0.05, 0) is 22.9 Å². The molecule has 0 amide bonds. The Bertz CT molecular complexity index is 797. The highest BCUT2D eigenvalue weighted by molar-refractivity contribution is 5.83. The molecule has 3 aromatic rings. The number of aromatic nitrogens is 3. The summed E-state index contributed by atoms with van der Waals surface area (Å²) >= 11 is 0. The fourth-order valence-electron chi connectivity index (χ4n) is 2.75. The minimum absolute atomic E-state index is 0.422. The Morgan fingerprint density at radius 3 is 2.91 bits per heavy atom. The third kappa shape index (κ3) is 2.55. The first-order valence-corrected chi connectivity index (χ1v) is 7.50. The van der Waals surface area contributed by atoms with Crippen LogP contribution in [0.4, 0.5) is 0 Å². The fourth-order valence-corrected chi connectivity index (χ4v) is 2.75. The lowest BCUT2D eigenvalue weighted by Gasteiger charge is -2.09. The molecule has 0 saturated carbocycles. The van der Waals surface area contributed by atoms with Crippen LogP contribution in [0.25, 0.3) is 10.8 Å². The van der Waals surface area contributed by atoms with Crippen LogP contribution in [0.15, 0.2) is 42.5 Å². The molecule has 0 fully saturated rings. The van der Waals surface area contributed by atoms with E-state index in [1.807, 2.05) is 18.2 Å². The number of ether oxygens (including phenoxy) is 2. The maximum atomic E-state index is 5.90. The fraction of sp³-hybridized carbons (Fsp3) is 0.294. The molecule has 2 heterocycles. The molecule has 1 aromatic heterocycles. The molecule has 0 spiro atoms. The van der Waals surface area contributed by atoms with E-state index >= 15 is 0 Å². The number of nitrogens with zero attached hydrogens (tertiary/aromatic N) is 3. The monoisotopic (exact) mass is 295 g/mol. The van der Waals surface area contributed by atoms with Crippen molar-refractivity contribution in [3.8, 4) is 5.75 Å². The van der Waals surface area contributed by atoms with Crippen LogP contribution in [0.3, 0.4) is 0 Å². The van der Waals surface area contributed by atoms with Crippen molar-refractivity contribution in [1.29, 1.82) is 0 Å². The van der Waals surface area contributed by atoms with Gasteiger partial charge in [0.25, 0.3) is 0 Å². The van der Waals surface area contributed by atoms with E-state index in [0.29, 0.717) is 19.8 Å². The molecule has 5 nitrogen and oxygen atoms in total. The van der Waals surface area contributed by atoms with Crippen molar-refractivity contribution in [3.63, 3.8) is 0 Å². The zero-order chi connectivity index (χ0) is 14.8. The number of rotatable bonds is 3. The van der Waals surface area contributed by atoms with Gasteiger partial charge in [-0.2, -0.15) is 0 Å². The summed E-state index contributed by atoms with van der Waals surface area (Å²) in [4.78, 5) is 0. The Hall–Kier alpha value is -2.40. The van der Waals surface area contributed by atoms with E-state index in [1.54, 1.807) is 0 Å². The maximum absolute atomic E-state index is 5.90. The first-order valence-electron chi connectivity index (χ1n) is 7.50. The standard InChI is InChI=1S/C17H17N3O2/c1-2-4-14-11-15(6-5-13(14)3-1)22-12-17-19-18-16-7-9-21-10-8-20(16)17/h1-6,11H,7-10,12H2. The van der Waals surface area contributed by atoms with E-state index in [2.05, 4.69) is 39.0 Å². The van der Waals surface area contributed by atoms with Gasteiger partial charge >= 0.3 is 0 Å². The van der Waals surface area contributed by atoms with E-state index in [-0.39, 0.29) is 0 Å². The Kier molecular flexibility index (Phi) is 3.48. The van der Waals surface area contributed by atoms with Gasteiger partial charge in [0.2, 0.25) is 0 Å². The topological polar surface area (TPSA) is 49.2 Å². The molecule has 1 aliphatic heterocycles. The Balaban J connectivity index is 1.53. The lowest BCUT2D eigenvalue weighted by Crippen LogP contribution is -2.10. The van der Waals surface area contributed by atoms with Crippen molar-refractivity contribution >= 4 is 10.8 Å². The molecule has 2 aromatic carbocycles. The molecular formula is C17H17N3O2. The van der Waals surface area contributed by atoms with Crippen LogP contribution in [0.5, 0.6) is 5.75 Å². The first kappa shape index (κ1) is 13.3. The smallest absolute Gasteiger partial charge is 0.171 e. The van der Waals surface area contributed by atoms with Crippen LogP contribution in [0, 0.1) is 0 Å². The lowest BCUT2D eigenvalue weighted by molar-refractivity contribution is 0.139. The van der Waals surface area contributed by atoms with Crippen LogP contribution in [-0.4, -0.2) is 28.0 Å². The summed E-state index contributed by atoms with van der Waals surface area (Å²) < 4.78 is 13.5. The third-order valence-corrected chi connectivity index (χ3v) is 3.92. The zero-order valence-corrected chi connectivity index (χ0v) is 12.2. The molecule has 0 aliphatic carbocycles. The summed E-state index contributed by atoms with van der Waals surface area (Å²) in [7, 11) is 0. The van der Waals surface area contributed by atoms with Crippen LogP contribution >= 0.6 is 0 Å². The molecule has 112 valence electrons. The third-order valence-electron chi connectivity index (χ3n) is 3.92. The van der Waals surface area contributed by atoms with E-state index in [4.69, 9.17) is 9.47 Å². The molecule has 0 N–H and O–H groups in total. The highest BCUT2D eigenvalue weighted by Gasteiger charge is 2.15. The minimum Gasteiger partial charge on any atom is -0.486 e. The number of benzene rings is 2. The highest BCUT2D eigenvalue weighted by atomic mass is 16.5. The molecular weight excluding hydrogens is 278 g/mol. The summed E-state index contributed by atoms with van der Waals surface area (Å²) in [5, 5.41) is 10.9. The number of hydrogen-bond donors (Lipinski definition) is 0. The van der Waals surface area contributed by atoms with Crippen molar-refractivity contribution < 1.29 is 9.47 Å². The predicted molar refractivity (Wildman–Crippen MR) is 82.8 cm³/mol. The lowest BCUT2D eigenvalue weighted by atomic mass is 10.1. The molecule has 0 radical (unpaired) electrons. The summed E-state index contributed by atoms with van der Waals surface area (Å²) in [5.41, 5.74) is 0. The Morgan fingerprint density at radius 2 is 1.95 bits per heavy atom. The molecule has 22 heavy (non-hydrogen) atoms. The molecule has 1 aliphatic rings. The van der Waals surface area contributed by atoms with Crippen molar-refractivity contribution in [1.82, 2.24) is 14.8 Å². The summed E-state index contributed by atoms with van der Waals surface area (Å²) in [6, 6.07) is 14.4. The summed E-state index contributed by atoms with van der Waals surface area (Å²) in [5.74, 6) is 2.68. The molecule has 0 atom stereocenters. The highest BCUT2D eigenvalue weighted by Crippen LogP contribution is 2.21. The van der Waals surface area contributed by atoms with Gasteiger partial charge in [0.05, 0.1) is 13.2 Å². The van der Waals surface area contributed by atoms with Gasteiger partial charge in [-0.25, -0.2) is 0 Å². The van der Waals surface area contributed by atoms with Crippen LogP contribution in [0.1, 0.15) is 11.6 Å². The average Bonchev–Trinajstić information content (AvgIpc) is 2.79. The van der Waals surface area contributed by atoms with Gasteiger partial charge in [-0.3, -0.25) is 0 Å². The van der Waals surface area contributed by atoms with Gasteiger partial charge < -0.3 is 14.0 Å². The predicted octanol–water partition coefficient (Wildman–Crippen LogP) is 2.58. The van der Waals surface area contributed by atoms with E-state index in [0.717, 1.165) is 30.4 Å². The SMILES string of the molecule is c1ccc2cc(OCc3nnc4n3CCOCC4)ccc2c1. The summed E-state index contributed by atoms with van der Waals surface area (Å²) in [6.07, 6.45) is 0.809. The molecule has 5 heteroatoms. The van der Waals surface area contributed by atoms with Crippen molar-refractivity contribution in [3.05, 3.63) is 54.1 Å². The largest absolute Gasteiger partial charge is 0.486 e. The van der Waals surface area contributed by atoms with Gasteiger partial charge in [0.15, 0.2) is 5.82 Å². The van der Waals surface area contributed by atoms with Crippen LogP contribution in [-0.2, 0) is 24.3 Å². The maximum Gasteiger partial charge on any atom is 0.171 e. The normalized spacial score (nSPS) is 14.5. The van der Waals surface area contributed by atoms with E-state index in [9.17, 15) is 0 Å². The minimum atomic E-state index is 0.422. The number of hydrogen-bond acceptors (Lipinski definition) is 4. The summed E-state index contributed by atoms with van der Waals surface area (Å²) in [6.45, 7) is 2.63. The quantitative estimate of drug-likeness (QED) is 0.745. The molecule has 4 rings (SSSR count). The van der Waals surface area contributed by atoms with E-state index in [1.165, 1.54) is 10.8 Å². The Labute approximate surface area is 128 Å². The van der Waals surface area contributed by atoms with Gasteiger partial charge in [0, 0.05) is 13.0 Å². The van der Waals surface area contributed by atoms with Crippen LogP contribution in [0.2, 0.25) is 0 Å². The second kappa shape index (κ2) is 5.77. The van der Waals surface area contributed by atoms with Gasteiger partial charge in [-0.15, -0.1) is 10.2 Å². The Morgan fingerprint density at radius 1 is 1.05 bits per heavy atom. The van der Waals surface area contributed by atoms with Crippen LogP contribution < -0.4 is 4.74 Å². The number of fused-ring (bicyclic) bond motifs is 2. The molecule has 0 unspecified atom stereocenters.